The predicted molar refractivity (Wildman–Crippen MR) is 95.9 cm³/mol. The molecule has 7 heteroatoms. The van der Waals surface area contributed by atoms with Gasteiger partial charge in [-0.1, -0.05) is 25.1 Å². The summed E-state index contributed by atoms with van der Waals surface area (Å²) in [5.74, 6) is -0.674. The lowest BCUT2D eigenvalue weighted by atomic mass is 9.88. The summed E-state index contributed by atoms with van der Waals surface area (Å²) in [5, 5.41) is 23.3. The van der Waals surface area contributed by atoms with Crippen LogP contribution < -0.4 is 0 Å². The van der Waals surface area contributed by atoms with Crippen LogP contribution in [0.25, 0.3) is 10.9 Å². The van der Waals surface area contributed by atoms with Gasteiger partial charge in [0.05, 0.1) is 0 Å². The van der Waals surface area contributed by atoms with Gasteiger partial charge in [0.1, 0.15) is 5.72 Å². The Labute approximate surface area is 151 Å². The van der Waals surface area contributed by atoms with Crippen molar-refractivity contribution in [1.82, 2.24) is 9.88 Å². The number of nitrogens with zero attached hydrogens (tertiary/aromatic N) is 2. The second-order valence-electron chi connectivity index (χ2n) is 7.70. The van der Waals surface area contributed by atoms with E-state index < -0.39 is 5.72 Å². The van der Waals surface area contributed by atoms with Gasteiger partial charge in [-0.15, -0.1) is 0 Å². The molecule has 2 N–H and O–H groups in total. The second-order valence-corrected chi connectivity index (χ2v) is 7.70. The van der Waals surface area contributed by atoms with Crippen molar-refractivity contribution in [2.75, 3.05) is 13.1 Å². The molecule has 1 saturated heterocycles. The van der Waals surface area contributed by atoms with Gasteiger partial charge in [-0.2, -0.15) is 0 Å². The summed E-state index contributed by atoms with van der Waals surface area (Å²) in [6, 6.07) is 7.99. The van der Waals surface area contributed by atoms with Gasteiger partial charge in [-0.3, -0.25) is 14.9 Å². The molecule has 0 bridgehead atoms. The molecule has 2 aromatic rings. The molecule has 7 nitrogen and oxygen atoms in total. The minimum Gasteiger partial charge on any atom is -0.370 e. The number of rotatable bonds is 5. The van der Waals surface area contributed by atoms with Gasteiger partial charge in [0.25, 0.3) is 0 Å². The summed E-state index contributed by atoms with van der Waals surface area (Å²) < 4.78 is 0. The van der Waals surface area contributed by atoms with Gasteiger partial charge in [-0.05, 0) is 30.4 Å². The number of amides is 1. The first-order chi connectivity index (χ1) is 12.4. The number of hydrogen-bond donors (Lipinski definition) is 2. The van der Waals surface area contributed by atoms with Crippen molar-refractivity contribution < 1.29 is 14.8 Å². The van der Waals surface area contributed by atoms with Crippen LogP contribution in [0.4, 0.5) is 0 Å². The van der Waals surface area contributed by atoms with E-state index in [2.05, 4.69) is 4.98 Å². The molecule has 1 aromatic heterocycles. The average molecular weight is 357 g/mol. The van der Waals surface area contributed by atoms with Crippen LogP contribution in [0.15, 0.2) is 30.5 Å². The van der Waals surface area contributed by atoms with E-state index in [0.717, 1.165) is 16.5 Å². The molecular formula is C19H23N3O4. The van der Waals surface area contributed by atoms with Crippen molar-refractivity contribution in [3.8, 4) is 0 Å². The summed E-state index contributed by atoms with van der Waals surface area (Å²) in [6.45, 7) is 2.18. The van der Waals surface area contributed by atoms with Crippen LogP contribution in [0, 0.1) is 27.9 Å². The van der Waals surface area contributed by atoms with Gasteiger partial charge in [-0.25, -0.2) is 0 Å². The molecule has 2 aliphatic rings. The smallest absolute Gasteiger partial charge is 0.225 e. The second kappa shape index (κ2) is 6.09. The van der Waals surface area contributed by atoms with Crippen LogP contribution in [-0.2, 0) is 11.2 Å². The molecule has 1 amide bonds. The zero-order valence-corrected chi connectivity index (χ0v) is 14.7. The molecular weight excluding hydrogens is 334 g/mol. The van der Waals surface area contributed by atoms with Crippen LogP contribution in [-0.4, -0.2) is 44.6 Å². The number of benzene rings is 1. The first kappa shape index (κ1) is 17.0. The molecule has 1 aliphatic heterocycles. The SMILES string of the molecule is C[C@H]1CC2(O)[C@@H](CC(=O)N2CCc2c[nH]c3ccccc23)[C@@H]1C[N+](=O)[O-]. The van der Waals surface area contributed by atoms with Gasteiger partial charge in [0.15, 0.2) is 0 Å². The molecule has 0 spiro atoms. The Bertz CT molecular complexity index is 863. The van der Waals surface area contributed by atoms with Gasteiger partial charge in [0, 0.05) is 46.8 Å². The lowest BCUT2D eigenvalue weighted by molar-refractivity contribution is -0.491. The monoisotopic (exact) mass is 357 g/mol. The number of para-hydroxylation sites is 1. The number of nitro groups is 1. The van der Waals surface area contributed by atoms with Crippen LogP contribution in [0.2, 0.25) is 0 Å². The summed E-state index contributed by atoms with van der Waals surface area (Å²) in [5.41, 5.74) is 0.907. The van der Waals surface area contributed by atoms with Crippen LogP contribution in [0.1, 0.15) is 25.3 Å². The van der Waals surface area contributed by atoms with E-state index in [1.807, 2.05) is 37.4 Å². The minimum atomic E-state index is -1.25. The van der Waals surface area contributed by atoms with E-state index in [4.69, 9.17) is 0 Å². The molecule has 26 heavy (non-hydrogen) atoms. The van der Waals surface area contributed by atoms with Crippen molar-refractivity contribution in [1.29, 1.82) is 0 Å². The molecule has 1 saturated carbocycles. The predicted octanol–water partition coefficient (Wildman–Crippen LogP) is 2.18. The molecule has 2 fully saturated rings. The average Bonchev–Trinajstić information content (AvgIpc) is 3.17. The number of carbonyl (C=O) groups excluding carboxylic acids is 1. The lowest BCUT2D eigenvalue weighted by Gasteiger charge is -2.34. The first-order valence-corrected chi connectivity index (χ1v) is 9.10. The third-order valence-corrected chi connectivity index (χ3v) is 6.27. The van der Waals surface area contributed by atoms with Crippen molar-refractivity contribution in [2.45, 2.75) is 31.9 Å². The fourth-order valence-corrected chi connectivity index (χ4v) is 5.02. The quantitative estimate of drug-likeness (QED) is 0.633. The van der Waals surface area contributed by atoms with Crippen LogP contribution in [0.5, 0.6) is 0 Å². The van der Waals surface area contributed by atoms with E-state index in [0.29, 0.717) is 19.4 Å². The summed E-state index contributed by atoms with van der Waals surface area (Å²) in [7, 11) is 0. The van der Waals surface area contributed by atoms with Gasteiger partial charge in [0.2, 0.25) is 12.5 Å². The number of hydrogen-bond acceptors (Lipinski definition) is 4. The Hall–Kier alpha value is -2.41. The number of aromatic amines is 1. The van der Waals surface area contributed by atoms with Crippen molar-refractivity contribution >= 4 is 16.8 Å². The Kier molecular flexibility index (Phi) is 3.99. The number of likely N-dealkylation sites (tertiary alicyclic amines) is 1. The van der Waals surface area contributed by atoms with Crippen molar-refractivity contribution in [3.63, 3.8) is 0 Å². The first-order valence-electron chi connectivity index (χ1n) is 9.10. The summed E-state index contributed by atoms with van der Waals surface area (Å²) in [4.78, 5) is 28.0. The summed E-state index contributed by atoms with van der Waals surface area (Å²) in [6.07, 6.45) is 3.20. The maximum absolute atomic E-state index is 12.5. The molecule has 2 heterocycles. The number of H-pyrrole nitrogens is 1. The van der Waals surface area contributed by atoms with Gasteiger partial charge >= 0.3 is 0 Å². The molecule has 0 radical (unpaired) electrons. The Morgan fingerprint density at radius 3 is 2.96 bits per heavy atom. The zero-order valence-electron chi connectivity index (χ0n) is 14.7. The normalized spacial score (nSPS) is 30.9. The Morgan fingerprint density at radius 1 is 1.42 bits per heavy atom. The number of aliphatic hydroxyl groups is 1. The molecule has 4 rings (SSSR count). The molecule has 138 valence electrons. The van der Waals surface area contributed by atoms with Crippen LogP contribution in [0.3, 0.4) is 0 Å². The molecule has 1 aliphatic carbocycles. The van der Waals surface area contributed by atoms with E-state index >= 15 is 0 Å². The largest absolute Gasteiger partial charge is 0.370 e. The highest BCUT2D eigenvalue weighted by Crippen LogP contribution is 2.52. The zero-order chi connectivity index (χ0) is 18.5. The highest BCUT2D eigenvalue weighted by Gasteiger charge is 2.61. The Balaban J connectivity index is 1.54. The van der Waals surface area contributed by atoms with E-state index in [1.165, 1.54) is 0 Å². The number of aromatic nitrogens is 1. The maximum Gasteiger partial charge on any atom is 0.225 e. The van der Waals surface area contributed by atoms with Gasteiger partial charge < -0.3 is 15.0 Å². The number of carbonyl (C=O) groups is 1. The topological polar surface area (TPSA) is 99.5 Å². The fourth-order valence-electron chi connectivity index (χ4n) is 5.02. The third kappa shape index (κ3) is 2.58. The third-order valence-electron chi connectivity index (χ3n) is 6.27. The number of nitrogens with one attached hydrogen (secondary N) is 1. The van der Waals surface area contributed by atoms with E-state index in [-0.39, 0.29) is 41.5 Å². The maximum atomic E-state index is 12.5. The standard InChI is InChI=1S/C19H23N3O4/c1-12-9-19(24)16(15(12)11-22(25)26)8-18(23)21(19)7-6-13-10-20-17-5-3-2-4-14(13)17/h2-5,10,12,15-16,20,24H,6-9,11H2,1H3/t12-,15+,16-,19?/m0/s1. The van der Waals surface area contributed by atoms with E-state index in [9.17, 15) is 20.0 Å². The molecule has 4 atom stereocenters. The van der Waals surface area contributed by atoms with Crippen molar-refractivity contribution in [2.24, 2.45) is 17.8 Å². The lowest BCUT2D eigenvalue weighted by Crippen LogP contribution is -2.48. The number of fused-ring (bicyclic) bond motifs is 2. The Morgan fingerprint density at radius 2 is 2.19 bits per heavy atom. The molecule has 1 unspecified atom stereocenters. The fraction of sp³-hybridized carbons (Fsp3) is 0.526. The highest BCUT2D eigenvalue weighted by molar-refractivity contribution is 5.83. The summed E-state index contributed by atoms with van der Waals surface area (Å²) >= 11 is 0. The van der Waals surface area contributed by atoms with E-state index in [1.54, 1.807) is 4.90 Å². The molecule has 1 aromatic carbocycles. The van der Waals surface area contributed by atoms with Crippen LogP contribution >= 0.6 is 0 Å². The minimum absolute atomic E-state index is 0.0269. The highest BCUT2D eigenvalue weighted by atomic mass is 16.6. The van der Waals surface area contributed by atoms with Crippen molar-refractivity contribution in [3.05, 3.63) is 46.1 Å².